The summed E-state index contributed by atoms with van der Waals surface area (Å²) in [6, 6.07) is 9.72. The summed E-state index contributed by atoms with van der Waals surface area (Å²) in [6.45, 7) is 4.46. The Bertz CT molecular complexity index is 626. The molecular weight excluding hydrogens is 254 g/mol. The largest absolute Gasteiger partial charge is 0.477 e. The van der Waals surface area contributed by atoms with Gasteiger partial charge >= 0.3 is 5.97 Å². The molecule has 104 valence electrons. The molecule has 0 aliphatic rings. The molecule has 0 amide bonds. The van der Waals surface area contributed by atoms with Crippen LogP contribution in [0.15, 0.2) is 30.3 Å². The first-order valence-corrected chi connectivity index (χ1v) is 6.43. The fourth-order valence-corrected chi connectivity index (χ4v) is 1.94. The zero-order chi connectivity index (χ0) is 14.5. The van der Waals surface area contributed by atoms with Gasteiger partial charge in [-0.3, -0.25) is 0 Å². The van der Waals surface area contributed by atoms with Crippen LogP contribution in [0.2, 0.25) is 0 Å². The summed E-state index contributed by atoms with van der Waals surface area (Å²) in [5, 5.41) is 12.0. The van der Waals surface area contributed by atoms with Crippen LogP contribution in [-0.4, -0.2) is 27.6 Å². The summed E-state index contributed by atoms with van der Waals surface area (Å²) >= 11 is 0. The standard InChI is InChI=1S/C15H17N3O2/c1-10-4-3-5-12(8-10)6-7-16-15-17-11(2)9-13(18-15)14(19)20/h3-5,8-9H,6-7H2,1-2H3,(H,19,20)(H,16,17,18). The highest BCUT2D eigenvalue weighted by Crippen LogP contribution is 2.07. The molecule has 2 N–H and O–H groups in total. The molecule has 20 heavy (non-hydrogen) atoms. The molecule has 0 aliphatic carbocycles. The van der Waals surface area contributed by atoms with Crippen LogP contribution in [0.25, 0.3) is 0 Å². The lowest BCUT2D eigenvalue weighted by atomic mass is 10.1. The van der Waals surface area contributed by atoms with E-state index in [-0.39, 0.29) is 5.69 Å². The fourth-order valence-electron chi connectivity index (χ4n) is 1.94. The van der Waals surface area contributed by atoms with Gasteiger partial charge < -0.3 is 10.4 Å². The van der Waals surface area contributed by atoms with Crippen molar-refractivity contribution < 1.29 is 9.90 Å². The summed E-state index contributed by atoms with van der Waals surface area (Å²) < 4.78 is 0. The summed E-state index contributed by atoms with van der Waals surface area (Å²) in [5.41, 5.74) is 3.09. The smallest absolute Gasteiger partial charge is 0.354 e. The van der Waals surface area contributed by atoms with E-state index in [4.69, 9.17) is 5.11 Å². The quantitative estimate of drug-likeness (QED) is 0.873. The summed E-state index contributed by atoms with van der Waals surface area (Å²) in [5.74, 6) is -0.688. The highest BCUT2D eigenvalue weighted by Gasteiger charge is 2.08. The highest BCUT2D eigenvalue weighted by atomic mass is 16.4. The number of anilines is 1. The van der Waals surface area contributed by atoms with E-state index >= 15 is 0 Å². The lowest BCUT2D eigenvalue weighted by molar-refractivity contribution is 0.0690. The van der Waals surface area contributed by atoms with Crippen molar-refractivity contribution >= 4 is 11.9 Å². The van der Waals surface area contributed by atoms with Crippen LogP contribution in [0.5, 0.6) is 0 Å². The van der Waals surface area contributed by atoms with Crippen molar-refractivity contribution in [1.29, 1.82) is 0 Å². The van der Waals surface area contributed by atoms with E-state index in [9.17, 15) is 4.79 Å². The number of aromatic carboxylic acids is 1. The number of carboxylic acid groups (broad SMARTS) is 1. The number of hydrogen-bond acceptors (Lipinski definition) is 4. The van der Waals surface area contributed by atoms with Crippen molar-refractivity contribution in [3.05, 3.63) is 52.8 Å². The molecule has 0 saturated heterocycles. The zero-order valence-electron chi connectivity index (χ0n) is 11.6. The minimum Gasteiger partial charge on any atom is -0.477 e. The molecule has 1 aromatic carbocycles. The van der Waals surface area contributed by atoms with E-state index in [0.717, 1.165) is 6.42 Å². The molecule has 1 aromatic heterocycles. The Balaban J connectivity index is 1.99. The van der Waals surface area contributed by atoms with Gasteiger partial charge in [-0.05, 0) is 31.9 Å². The third-order valence-electron chi connectivity index (χ3n) is 2.85. The van der Waals surface area contributed by atoms with Gasteiger partial charge in [0.05, 0.1) is 0 Å². The van der Waals surface area contributed by atoms with E-state index in [0.29, 0.717) is 18.2 Å². The molecule has 0 unspecified atom stereocenters. The molecule has 5 heteroatoms. The number of hydrogen-bond donors (Lipinski definition) is 2. The van der Waals surface area contributed by atoms with Gasteiger partial charge in [0.2, 0.25) is 5.95 Å². The Morgan fingerprint density at radius 1 is 1.25 bits per heavy atom. The third-order valence-corrected chi connectivity index (χ3v) is 2.85. The molecule has 2 aromatic rings. The lowest BCUT2D eigenvalue weighted by Gasteiger charge is -2.07. The van der Waals surface area contributed by atoms with Gasteiger partial charge in [-0.15, -0.1) is 0 Å². The Morgan fingerprint density at radius 3 is 2.75 bits per heavy atom. The van der Waals surface area contributed by atoms with Gasteiger partial charge in [-0.2, -0.15) is 0 Å². The van der Waals surface area contributed by atoms with Gasteiger partial charge in [0.25, 0.3) is 0 Å². The predicted molar refractivity (Wildman–Crippen MR) is 77.1 cm³/mol. The molecule has 0 atom stereocenters. The van der Waals surface area contributed by atoms with E-state index in [1.54, 1.807) is 6.92 Å². The molecule has 0 bridgehead atoms. The topological polar surface area (TPSA) is 75.1 Å². The number of nitrogens with zero attached hydrogens (tertiary/aromatic N) is 2. The molecule has 0 saturated carbocycles. The van der Waals surface area contributed by atoms with Crippen LogP contribution in [0, 0.1) is 13.8 Å². The molecule has 0 spiro atoms. The van der Waals surface area contributed by atoms with Crippen molar-refractivity contribution in [2.24, 2.45) is 0 Å². The second-order valence-electron chi connectivity index (χ2n) is 4.69. The van der Waals surface area contributed by atoms with E-state index < -0.39 is 5.97 Å². The average molecular weight is 271 g/mol. The van der Waals surface area contributed by atoms with E-state index in [2.05, 4.69) is 40.4 Å². The van der Waals surface area contributed by atoms with Gasteiger partial charge in [-0.25, -0.2) is 14.8 Å². The second-order valence-corrected chi connectivity index (χ2v) is 4.69. The number of rotatable bonds is 5. The summed E-state index contributed by atoms with van der Waals surface area (Å²) in [4.78, 5) is 19.1. The number of carboxylic acids is 1. The van der Waals surface area contributed by atoms with Crippen molar-refractivity contribution in [2.45, 2.75) is 20.3 Å². The second kappa shape index (κ2) is 6.14. The molecule has 0 fully saturated rings. The summed E-state index contributed by atoms with van der Waals surface area (Å²) in [6.07, 6.45) is 0.835. The molecule has 1 heterocycles. The van der Waals surface area contributed by atoms with Gasteiger partial charge in [-0.1, -0.05) is 29.8 Å². The SMILES string of the molecule is Cc1cccc(CCNc2nc(C)cc(C(=O)O)n2)c1. The van der Waals surface area contributed by atoms with Gasteiger partial charge in [0.1, 0.15) is 0 Å². The molecular formula is C15H17N3O2. The number of benzene rings is 1. The van der Waals surface area contributed by atoms with Crippen molar-refractivity contribution in [1.82, 2.24) is 9.97 Å². The van der Waals surface area contributed by atoms with Crippen LogP contribution in [-0.2, 0) is 6.42 Å². The van der Waals surface area contributed by atoms with Crippen LogP contribution >= 0.6 is 0 Å². The minimum absolute atomic E-state index is 0.00977. The number of carbonyl (C=O) groups is 1. The van der Waals surface area contributed by atoms with Crippen molar-refractivity contribution in [3.63, 3.8) is 0 Å². The van der Waals surface area contributed by atoms with Crippen LogP contribution in [0.3, 0.4) is 0 Å². The molecule has 0 radical (unpaired) electrons. The summed E-state index contributed by atoms with van der Waals surface area (Å²) in [7, 11) is 0. The van der Waals surface area contributed by atoms with Crippen molar-refractivity contribution in [2.75, 3.05) is 11.9 Å². The van der Waals surface area contributed by atoms with Crippen LogP contribution in [0.1, 0.15) is 27.3 Å². The van der Waals surface area contributed by atoms with Crippen LogP contribution < -0.4 is 5.32 Å². The lowest BCUT2D eigenvalue weighted by Crippen LogP contribution is -2.11. The maximum absolute atomic E-state index is 10.9. The Labute approximate surface area is 117 Å². The zero-order valence-corrected chi connectivity index (χ0v) is 11.6. The van der Waals surface area contributed by atoms with Gasteiger partial charge in [0, 0.05) is 12.2 Å². The van der Waals surface area contributed by atoms with Crippen molar-refractivity contribution in [3.8, 4) is 0 Å². The predicted octanol–water partition coefficient (Wildman–Crippen LogP) is 2.45. The monoisotopic (exact) mass is 271 g/mol. The molecule has 0 aliphatic heterocycles. The Kier molecular flexibility index (Phi) is 4.30. The maximum atomic E-state index is 10.9. The first kappa shape index (κ1) is 14.0. The molecule has 2 rings (SSSR count). The Morgan fingerprint density at radius 2 is 2.05 bits per heavy atom. The number of aryl methyl sites for hydroxylation is 2. The first-order valence-electron chi connectivity index (χ1n) is 6.43. The van der Waals surface area contributed by atoms with Crippen LogP contribution in [0.4, 0.5) is 5.95 Å². The number of aromatic nitrogens is 2. The molecule has 5 nitrogen and oxygen atoms in total. The minimum atomic E-state index is -1.04. The third kappa shape index (κ3) is 3.78. The van der Waals surface area contributed by atoms with Gasteiger partial charge in [0.15, 0.2) is 5.69 Å². The normalized spacial score (nSPS) is 10.3. The van der Waals surface area contributed by atoms with E-state index in [1.807, 2.05) is 6.07 Å². The number of nitrogens with one attached hydrogen (secondary N) is 1. The fraction of sp³-hybridized carbons (Fsp3) is 0.267. The first-order chi connectivity index (χ1) is 9.54. The Hall–Kier alpha value is -2.43. The average Bonchev–Trinajstić information content (AvgIpc) is 2.38. The highest BCUT2D eigenvalue weighted by molar-refractivity contribution is 5.85. The van der Waals surface area contributed by atoms with E-state index in [1.165, 1.54) is 17.2 Å². The maximum Gasteiger partial charge on any atom is 0.354 e.